The second-order valence-corrected chi connectivity index (χ2v) is 6.57. The van der Waals surface area contributed by atoms with Crippen molar-refractivity contribution in [3.8, 4) is 0 Å². The van der Waals surface area contributed by atoms with E-state index in [1.807, 2.05) is 34.9 Å². The Balaban J connectivity index is 1.50. The van der Waals surface area contributed by atoms with Crippen molar-refractivity contribution < 1.29 is 4.79 Å². The number of carbonyl (C=O) groups is 1. The van der Waals surface area contributed by atoms with Crippen LogP contribution >= 0.6 is 11.6 Å². The van der Waals surface area contributed by atoms with Gasteiger partial charge in [0.2, 0.25) is 0 Å². The summed E-state index contributed by atoms with van der Waals surface area (Å²) in [6, 6.07) is 7.76. The van der Waals surface area contributed by atoms with Crippen molar-refractivity contribution in [2.24, 2.45) is 5.92 Å². The molecule has 2 aliphatic rings. The predicted octanol–water partition coefficient (Wildman–Crippen LogP) is 2.42. The van der Waals surface area contributed by atoms with Crippen molar-refractivity contribution in [3.63, 3.8) is 0 Å². The summed E-state index contributed by atoms with van der Waals surface area (Å²) >= 11 is 6.06. The fourth-order valence-corrected chi connectivity index (χ4v) is 3.87. The molecule has 110 valence electrons. The molecule has 3 atom stereocenters. The Labute approximate surface area is 128 Å². The molecule has 0 radical (unpaired) electrons. The summed E-state index contributed by atoms with van der Waals surface area (Å²) in [6.45, 7) is 3.38. The van der Waals surface area contributed by atoms with Crippen LogP contribution in [-0.2, 0) is 0 Å². The van der Waals surface area contributed by atoms with Crippen molar-refractivity contribution >= 4 is 23.0 Å². The fraction of sp³-hybridized carbons (Fsp3) is 0.438. The molecule has 4 heterocycles. The van der Waals surface area contributed by atoms with E-state index in [1.54, 1.807) is 0 Å². The molecule has 2 saturated heterocycles. The molecule has 1 amide bonds. The predicted molar refractivity (Wildman–Crippen MR) is 82.8 cm³/mol. The van der Waals surface area contributed by atoms with Gasteiger partial charge < -0.3 is 14.6 Å². The summed E-state index contributed by atoms with van der Waals surface area (Å²) < 4.78 is 1.87. The van der Waals surface area contributed by atoms with Gasteiger partial charge in [0, 0.05) is 36.4 Å². The summed E-state index contributed by atoms with van der Waals surface area (Å²) in [7, 11) is 0. The largest absolute Gasteiger partial charge is 0.348 e. The number of aromatic nitrogens is 1. The van der Waals surface area contributed by atoms with Crippen molar-refractivity contribution in [2.75, 3.05) is 19.6 Å². The molecule has 21 heavy (non-hydrogen) atoms. The van der Waals surface area contributed by atoms with E-state index in [1.165, 1.54) is 19.5 Å². The summed E-state index contributed by atoms with van der Waals surface area (Å²) in [5.41, 5.74) is 1.64. The number of nitrogens with zero attached hydrogens (tertiary/aromatic N) is 2. The SMILES string of the molecule is O=C(N[C@@H]1C[C@@H]2CCN(C2)C1)c1ccn2c(Cl)ccc2c1. The molecule has 0 aromatic carbocycles. The molecule has 4 rings (SSSR count). The summed E-state index contributed by atoms with van der Waals surface area (Å²) in [5.74, 6) is 0.776. The number of pyridine rings is 1. The first-order valence-corrected chi connectivity index (χ1v) is 7.87. The second kappa shape index (κ2) is 5.04. The van der Waals surface area contributed by atoms with Crippen LogP contribution in [0.3, 0.4) is 0 Å². The Hall–Kier alpha value is -1.52. The minimum Gasteiger partial charge on any atom is -0.348 e. The Morgan fingerprint density at radius 2 is 2.19 bits per heavy atom. The maximum absolute atomic E-state index is 12.4. The highest BCUT2D eigenvalue weighted by atomic mass is 35.5. The van der Waals surface area contributed by atoms with E-state index in [2.05, 4.69) is 10.2 Å². The number of fused-ring (bicyclic) bond motifs is 3. The summed E-state index contributed by atoms with van der Waals surface area (Å²) in [4.78, 5) is 14.9. The number of hydrogen-bond donors (Lipinski definition) is 1. The Kier molecular flexibility index (Phi) is 3.16. The van der Waals surface area contributed by atoms with Gasteiger partial charge in [-0.15, -0.1) is 0 Å². The third-order valence-electron chi connectivity index (χ3n) is 4.67. The van der Waals surface area contributed by atoms with Crippen LogP contribution in [0.5, 0.6) is 0 Å². The van der Waals surface area contributed by atoms with Crippen LogP contribution in [0, 0.1) is 5.92 Å². The van der Waals surface area contributed by atoms with Gasteiger partial charge in [0.25, 0.3) is 5.91 Å². The highest BCUT2D eigenvalue weighted by Gasteiger charge is 2.32. The quantitative estimate of drug-likeness (QED) is 0.925. The van der Waals surface area contributed by atoms with Crippen LogP contribution in [0.4, 0.5) is 0 Å². The lowest BCUT2D eigenvalue weighted by atomic mass is 9.96. The Morgan fingerprint density at radius 3 is 3.05 bits per heavy atom. The standard InChI is InChI=1S/C16H18ClN3O/c17-15-2-1-14-8-12(4-6-20(14)15)16(21)18-13-7-11-3-5-19(9-11)10-13/h1-2,4,6,8,11,13H,3,5,7,9-10H2,(H,18,21)/t11-,13+/m0/s1. The van der Waals surface area contributed by atoms with Gasteiger partial charge in [-0.2, -0.15) is 0 Å². The molecule has 0 aliphatic carbocycles. The van der Waals surface area contributed by atoms with E-state index in [0.29, 0.717) is 10.7 Å². The Morgan fingerprint density at radius 1 is 1.29 bits per heavy atom. The zero-order chi connectivity index (χ0) is 14.4. The van der Waals surface area contributed by atoms with Crippen molar-refractivity contribution in [2.45, 2.75) is 18.9 Å². The molecule has 2 aliphatic heterocycles. The molecule has 4 nitrogen and oxygen atoms in total. The molecule has 2 aromatic rings. The van der Waals surface area contributed by atoms with Gasteiger partial charge in [-0.3, -0.25) is 4.79 Å². The first kappa shape index (κ1) is 13.2. The van der Waals surface area contributed by atoms with E-state index in [4.69, 9.17) is 11.6 Å². The van der Waals surface area contributed by atoms with Crippen LogP contribution in [0.2, 0.25) is 5.15 Å². The smallest absolute Gasteiger partial charge is 0.251 e. The Bertz CT molecular complexity index is 684. The molecule has 2 aromatic heterocycles. The lowest BCUT2D eigenvalue weighted by molar-refractivity contribution is 0.0909. The second-order valence-electron chi connectivity index (χ2n) is 6.19. The van der Waals surface area contributed by atoms with E-state index in [-0.39, 0.29) is 11.9 Å². The lowest BCUT2D eigenvalue weighted by Gasteiger charge is -2.30. The van der Waals surface area contributed by atoms with E-state index in [0.717, 1.165) is 24.4 Å². The first-order valence-electron chi connectivity index (χ1n) is 7.49. The van der Waals surface area contributed by atoms with Crippen molar-refractivity contribution in [3.05, 3.63) is 41.2 Å². The maximum atomic E-state index is 12.4. The van der Waals surface area contributed by atoms with Crippen molar-refractivity contribution in [1.29, 1.82) is 0 Å². The highest BCUT2D eigenvalue weighted by molar-refractivity contribution is 6.30. The van der Waals surface area contributed by atoms with Gasteiger partial charge in [-0.25, -0.2) is 0 Å². The van der Waals surface area contributed by atoms with Gasteiger partial charge in [-0.1, -0.05) is 11.6 Å². The van der Waals surface area contributed by atoms with E-state index >= 15 is 0 Å². The third kappa shape index (κ3) is 2.43. The molecule has 0 spiro atoms. The molecule has 0 saturated carbocycles. The average Bonchev–Trinajstić information content (AvgIpc) is 3.02. The summed E-state index contributed by atoms with van der Waals surface area (Å²) in [5, 5.41) is 3.85. The lowest BCUT2D eigenvalue weighted by Crippen LogP contribution is -2.47. The number of hydrogen-bond acceptors (Lipinski definition) is 2. The van der Waals surface area contributed by atoms with Crippen LogP contribution in [0.15, 0.2) is 30.5 Å². The van der Waals surface area contributed by atoms with Crippen LogP contribution in [0.1, 0.15) is 23.2 Å². The number of carbonyl (C=O) groups excluding carboxylic acids is 1. The topological polar surface area (TPSA) is 36.8 Å². The van der Waals surface area contributed by atoms with Gasteiger partial charge in [0.15, 0.2) is 0 Å². The first-order chi connectivity index (χ1) is 10.2. The highest BCUT2D eigenvalue weighted by Crippen LogP contribution is 2.27. The van der Waals surface area contributed by atoms with E-state index in [9.17, 15) is 4.79 Å². The molecule has 1 N–H and O–H groups in total. The van der Waals surface area contributed by atoms with Crippen LogP contribution < -0.4 is 5.32 Å². The van der Waals surface area contributed by atoms with Crippen molar-refractivity contribution in [1.82, 2.24) is 14.6 Å². The number of amides is 1. The minimum absolute atomic E-state index is 0.0160. The molecule has 1 unspecified atom stereocenters. The van der Waals surface area contributed by atoms with E-state index < -0.39 is 0 Å². The zero-order valence-corrected chi connectivity index (χ0v) is 12.5. The van der Waals surface area contributed by atoms with Gasteiger partial charge in [0.05, 0.1) is 0 Å². The molecular weight excluding hydrogens is 286 g/mol. The van der Waals surface area contributed by atoms with Gasteiger partial charge in [-0.05, 0) is 49.6 Å². The monoisotopic (exact) mass is 303 g/mol. The third-order valence-corrected chi connectivity index (χ3v) is 4.98. The number of halogens is 1. The minimum atomic E-state index is 0.0160. The summed E-state index contributed by atoms with van der Waals surface area (Å²) in [6.07, 6.45) is 4.24. The molecule has 5 heteroatoms. The van der Waals surface area contributed by atoms with Gasteiger partial charge in [0.1, 0.15) is 5.15 Å². The van der Waals surface area contributed by atoms with Crippen LogP contribution in [0.25, 0.3) is 5.52 Å². The molecule has 2 fully saturated rings. The number of nitrogens with one attached hydrogen (secondary N) is 1. The maximum Gasteiger partial charge on any atom is 0.251 e. The number of piperidine rings is 1. The molecular formula is C16H18ClN3O. The van der Waals surface area contributed by atoms with Crippen LogP contribution in [-0.4, -0.2) is 40.9 Å². The molecule has 2 bridgehead atoms. The van der Waals surface area contributed by atoms with Gasteiger partial charge >= 0.3 is 0 Å². The fourth-order valence-electron chi connectivity index (χ4n) is 3.65. The normalized spacial score (nSPS) is 28.0. The zero-order valence-electron chi connectivity index (χ0n) is 11.8. The average molecular weight is 304 g/mol. The number of rotatable bonds is 2.